The first-order chi connectivity index (χ1) is 9.31. The van der Waals surface area contributed by atoms with Crippen molar-refractivity contribution in [2.45, 2.75) is 29.9 Å². The molecule has 20 heavy (non-hydrogen) atoms. The Morgan fingerprint density at radius 1 is 1.30 bits per heavy atom. The Morgan fingerprint density at radius 3 is 2.75 bits per heavy atom. The first kappa shape index (κ1) is 17.3. The second kappa shape index (κ2) is 9.27. The van der Waals surface area contributed by atoms with Crippen LogP contribution in [-0.4, -0.2) is 42.2 Å². The van der Waals surface area contributed by atoms with Crippen molar-refractivity contribution >= 4 is 30.1 Å². The molecule has 0 aromatic heterocycles. The molecule has 1 saturated heterocycles. The first-order valence-corrected chi connectivity index (χ1v) is 7.90. The van der Waals surface area contributed by atoms with Gasteiger partial charge in [-0.15, -0.1) is 24.2 Å². The van der Waals surface area contributed by atoms with E-state index in [0.717, 1.165) is 39.0 Å². The molecule has 0 saturated carbocycles. The maximum atomic E-state index is 12.6. The van der Waals surface area contributed by atoms with Gasteiger partial charge >= 0.3 is 0 Å². The molecule has 1 aromatic rings. The normalized spacial score (nSPS) is 16.9. The third kappa shape index (κ3) is 5.00. The minimum Gasteiger partial charge on any atom is -0.340 e. The van der Waals surface area contributed by atoms with Crippen LogP contribution in [0.1, 0.15) is 19.8 Å². The van der Waals surface area contributed by atoms with Crippen LogP contribution >= 0.6 is 24.2 Å². The van der Waals surface area contributed by atoms with E-state index in [9.17, 15) is 4.79 Å². The van der Waals surface area contributed by atoms with Crippen molar-refractivity contribution in [2.75, 3.05) is 26.2 Å². The lowest BCUT2D eigenvalue weighted by Gasteiger charge is -2.25. The lowest BCUT2D eigenvalue weighted by atomic mass is 10.2. The van der Waals surface area contributed by atoms with E-state index in [1.165, 1.54) is 4.90 Å². The molecule has 0 aliphatic carbocycles. The second-order valence-electron chi connectivity index (χ2n) is 4.76. The number of nitrogens with zero attached hydrogens (tertiary/aromatic N) is 1. The summed E-state index contributed by atoms with van der Waals surface area (Å²) in [6.45, 7) is 5.75. The highest BCUT2D eigenvalue weighted by Crippen LogP contribution is 2.26. The lowest BCUT2D eigenvalue weighted by molar-refractivity contribution is -0.130. The van der Waals surface area contributed by atoms with E-state index in [1.807, 2.05) is 23.1 Å². The minimum atomic E-state index is 0. The van der Waals surface area contributed by atoms with Crippen molar-refractivity contribution in [1.29, 1.82) is 0 Å². The van der Waals surface area contributed by atoms with Gasteiger partial charge in [-0.2, -0.15) is 0 Å². The highest BCUT2D eigenvalue weighted by atomic mass is 35.5. The molecule has 1 atom stereocenters. The summed E-state index contributed by atoms with van der Waals surface area (Å²) in [5.74, 6) is 0.292. The summed E-state index contributed by atoms with van der Waals surface area (Å²) in [5, 5.41) is 3.38. The molecule has 1 heterocycles. The van der Waals surface area contributed by atoms with Crippen LogP contribution in [0.5, 0.6) is 0 Å². The fraction of sp³-hybridized carbons (Fsp3) is 0.533. The number of amides is 1. The van der Waals surface area contributed by atoms with Gasteiger partial charge in [0.15, 0.2) is 0 Å². The molecule has 5 heteroatoms. The molecule has 0 radical (unpaired) electrons. The zero-order valence-electron chi connectivity index (χ0n) is 11.9. The van der Waals surface area contributed by atoms with Crippen LogP contribution < -0.4 is 5.32 Å². The number of hydrogen-bond donors (Lipinski definition) is 1. The van der Waals surface area contributed by atoms with Crippen molar-refractivity contribution in [3.63, 3.8) is 0 Å². The summed E-state index contributed by atoms with van der Waals surface area (Å²) in [5.41, 5.74) is 0. The number of nitrogens with one attached hydrogen (secondary N) is 1. The Kier molecular flexibility index (Phi) is 8.04. The standard InChI is InChI=1S/C15H22N2OS.ClH/c1-2-14(19-13-7-4-3-5-8-13)15(18)17-11-6-9-16-10-12-17;/h3-5,7-8,14,16H,2,6,9-12H2,1H3;1H. The maximum Gasteiger partial charge on any atom is 0.236 e. The monoisotopic (exact) mass is 314 g/mol. The van der Waals surface area contributed by atoms with E-state index in [4.69, 9.17) is 0 Å². The van der Waals surface area contributed by atoms with Crippen molar-refractivity contribution in [3.8, 4) is 0 Å². The van der Waals surface area contributed by atoms with Gasteiger partial charge in [0.25, 0.3) is 0 Å². The third-order valence-corrected chi connectivity index (χ3v) is 4.68. The fourth-order valence-electron chi connectivity index (χ4n) is 2.24. The number of halogens is 1. The Morgan fingerprint density at radius 2 is 2.05 bits per heavy atom. The first-order valence-electron chi connectivity index (χ1n) is 7.02. The predicted octanol–water partition coefficient (Wildman–Crippen LogP) is 2.80. The average Bonchev–Trinajstić information content (AvgIpc) is 2.74. The van der Waals surface area contributed by atoms with Gasteiger partial charge in [-0.05, 0) is 31.5 Å². The smallest absolute Gasteiger partial charge is 0.236 e. The Bertz CT molecular complexity index is 394. The molecule has 1 unspecified atom stereocenters. The topological polar surface area (TPSA) is 32.3 Å². The van der Waals surface area contributed by atoms with Crippen molar-refractivity contribution in [2.24, 2.45) is 0 Å². The van der Waals surface area contributed by atoms with Crippen LogP contribution in [0.15, 0.2) is 35.2 Å². The SMILES string of the molecule is CCC(Sc1ccccc1)C(=O)N1CCCNCC1.Cl. The molecule has 2 rings (SSSR count). The van der Waals surface area contributed by atoms with Crippen molar-refractivity contribution in [1.82, 2.24) is 10.2 Å². The Labute approximate surface area is 131 Å². The van der Waals surface area contributed by atoms with Crippen LogP contribution in [0.25, 0.3) is 0 Å². The number of carbonyl (C=O) groups is 1. The van der Waals surface area contributed by atoms with Crippen molar-refractivity contribution in [3.05, 3.63) is 30.3 Å². The second-order valence-corrected chi connectivity index (χ2v) is 6.03. The van der Waals surface area contributed by atoms with Gasteiger partial charge in [0.1, 0.15) is 0 Å². The number of hydrogen-bond acceptors (Lipinski definition) is 3. The van der Waals surface area contributed by atoms with Crippen LogP contribution in [-0.2, 0) is 4.79 Å². The molecule has 1 aromatic carbocycles. The summed E-state index contributed by atoms with van der Waals surface area (Å²) in [6.07, 6.45) is 1.93. The van der Waals surface area contributed by atoms with E-state index in [0.29, 0.717) is 5.91 Å². The van der Waals surface area contributed by atoms with Gasteiger partial charge in [-0.25, -0.2) is 0 Å². The summed E-state index contributed by atoms with van der Waals surface area (Å²) in [4.78, 5) is 15.8. The summed E-state index contributed by atoms with van der Waals surface area (Å²) < 4.78 is 0. The van der Waals surface area contributed by atoms with E-state index >= 15 is 0 Å². The molecule has 3 nitrogen and oxygen atoms in total. The lowest BCUT2D eigenvalue weighted by Crippen LogP contribution is -2.39. The fourth-order valence-corrected chi connectivity index (χ4v) is 3.30. The zero-order chi connectivity index (χ0) is 13.5. The summed E-state index contributed by atoms with van der Waals surface area (Å²) in [6, 6.07) is 10.2. The Balaban J connectivity index is 0.00000200. The molecular formula is C15H23ClN2OS. The van der Waals surface area contributed by atoms with Gasteiger partial charge in [0.05, 0.1) is 5.25 Å². The van der Waals surface area contributed by atoms with E-state index in [-0.39, 0.29) is 17.7 Å². The maximum absolute atomic E-state index is 12.6. The number of rotatable bonds is 4. The highest BCUT2D eigenvalue weighted by Gasteiger charge is 2.24. The molecule has 0 spiro atoms. The number of benzene rings is 1. The van der Waals surface area contributed by atoms with Gasteiger partial charge in [-0.3, -0.25) is 4.79 Å². The average molecular weight is 315 g/mol. The quantitative estimate of drug-likeness (QED) is 0.867. The summed E-state index contributed by atoms with van der Waals surface area (Å²) >= 11 is 1.69. The molecule has 1 aliphatic heterocycles. The molecular weight excluding hydrogens is 292 g/mol. The van der Waals surface area contributed by atoms with Crippen LogP contribution in [0.4, 0.5) is 0 Å². The third-order valence-electron chi connectivity index (χ3n) is 3.32. The van der Waals surface area contributed by atoms with E-state index in [2.05, 4.69) is 24.4 Å². The predicted molar refractivity (Wildman–Crippen MR) is 87.7 cm³/mol. The van der Waals surface area contributed by atoms with Gasteiger partial charge < -0.3 is 10.2 Å². The molecule has 1 amide bonds. The van der Waals surface area contributed by atoms with Crippen LogP contribution in [0, 0.1) is 0 Å². The molecule has 1 fully saturated rings. The van der Waals surface area contributed by atoms with Crippen LogP contribution in [0.2, 0.25) is 0 Å². The van der Waals surface area contributed by atoms with E-state index in [1.54, 1.807) is 11.8 Å². The molecule has 112 valence electrons. The van der Waals surface area contributed by atoms with Crippen LogP contribution in [0.3, 0.4) is 0 Å². The summed E-state index contributed by atoms with van der Waals surface area (Å²) in [7, 11) is 0. The molecule has 1 N–H and O–H groups in total. The van der Waals surface area contributed by atoms with Gasteiger partial charge in [-0.1, -0.05) is 25.1 Å². The molecule has 1 aliphatic rings. The van der Waals surface area contributed by atoms with Gasteiger partial charge in [0, 0.05) is 24.5 Å². The number of thioether (sulfide) groups is 1. The van der Waals surface area contributed by atoms with Gasteiger partial charge in [0.2, 0.25) is 5.91 Å². The minimum absolute atomic E-state index is 0. The Hall–Kier alpha value is -0.710. The zero-order valence-corrected chi connectivity index (χ0v) is 13.5. The van der Waals surface area contributed by atoms with Crippen molar-refractivity contribution < 1.29 is 4.79 Å². The number of carbonyl (C=O) groups excluding carboxylic acids is 1. The largest absolute Gasteiger partial charge is 0.340 e. The van der Waals surface area contributed by atoms with E-state index < -0.39 is 0 Å². The highest BCUT2D eigenvalue weighted by molar-refractivity contribution is 8.00. The molecule has 0 bridgehead atoms.